The van der Waals surface area contributed by atoms with Gasteiger partial charge in [-0.25, -0.2) is 0 Å². The van der Waals surface area contributed by atoms with E-state index in [0.717, 1.165) is 24.5 Å². The lowest BCUT2D eigenvalue weighted by molar-refractivity contribution is -0.116. The molecule has 0 spiro atoms. The summed E-state index contributed by atoms with van der Waals surface area (Å²) in [5, 5.41) is 2.97. The van der Waals surface area contributed by atoms with Gasteiger partial charge in [0.1, 0.15) is 0 Å². The number of benzene rings is 2. The van der Waals surface area contributed by atoms with Crippen molar-refractivity contribution in [1.82, 2.24) is 0 Å². The molecule has 1 aliphatic rings. The van der Waals surface area contributed by atoms with Crippen LogP contribution in [0.3, 0.4) is 0 Å². The van der Waals surface area contributed by atoms with E-state index in [4.69, 9.17) is 4.74 Å². The number of carbonyl (C=O) groups excluding carboxylic acids is 2. The highest BCUT2D eigenvalue weighted by Crippen LogP contribution is 2.27. The Kier molecular flexibility index (Phi) is 6.70. The van der Waals surface area contributed by atoms with Gasteiger partial charge < -0.3 is 15.0 Å². The monoisotopic (exact) mass is 394 g/mol. The Bertz CT molecular complexity index is 847. The summed E-state index contributed by atoms with van der Waals surface area (Å²) in [6, 6.07) is 15.5. The van der Waals surface area contributed by atoms with Gasteiger partial charge in [-0.1, -0.05) is 57.2 Å². The molecule has 29 heavy (non-hydrogen) atoms. The van der Waals surface area contributed by atoms with Crippen LogP contribution in [-0.2, 0) is 14.9 Å². The number of para-hydroxylation sites is 2. The van der Waals surface area contributed by atoms with E-state index >= 15 is 0 Å². The number of nitrogens with zero attached hydrogens (tertiary/aromatic N) is 1. The number of Topliss-reactive ketones (excluding diaryl/α,β-unsaturated/α-hetero) is 1. The lowest BCUT2D eigenvalue weighted by Crippen LogP contribution is -2.36. The fraction of sp³-hybridized carbons (Fsp3) is 0.417. The third-order valence-electron chi connectivity index (χ3n) is 5.18. The predicted octanol–water partition coefficient (Wildman–Crippen LogP) is 4.42. The highest BCUT2D eigenvalue weighted by atomic mass is 16.5. The molecular weight excluding hydrogens is 364 g/mol. The Morgan fingerprint density at radius 1 is 0.966 bits per heavy atom. The van der Waals surface area contributed by atoms with Gasteiger partial charge in [0.15, 0.2) is 5.78 Å². The van der Waals surface area contributed by atoms with Crippen molar-refractivity contribution in [2.24, 2.45) is 0 Å². The van der Waals surface area contributed by atoms with Gasteiger partial charge in [0.2, 0.25) is 5.91 Å². The second-order valence-corrected chi connectivity index (χ2v) is 8.42. The first kappa shape index (κ1) is 21.1. The maximum absolute atomic E-state index is 12.5. The Hall–Kier alpha value is -2.66. The van der Waals surface area contributed by atoms with E-state index < -0.39 is 0 Å². The van der Waals surface area contributed by atoms with Crippen molar-refractivity contribution in [3.63, 3.8) is 0 Å². The largest absolute Gasteiger partial charge is 0.378 e. The van der Waals surface area contributed by atoms with Gasteiger partial charge in [0.25, 0.3) is 0 Å². The van der Waals surface area contributed by atoms with Gasteiger partial charge in [-0.05, 0) is 23.1 Å². The summed E-state index contributed by atoms with van der Waals surface area (Å²) in [5.41, 5.74) is 3.66. The summed E-state index contributed by atoms with van der Waals surface area (Å²) in [7, 11) is 0. The molecule has 5 heteroatoms. The van der Waals surface area contributed by atoms with Crippen LogP contribution in [0, 0.1) is 0 Å². The second kappa shape index (κ2) is 9.23. The number of ether oxygens (including phenoxy) is 1. The molecule has 1 N–H and O–H groups in total. The number of anilines is 2. The first-order chi connectivity index (χ1) is 13.8. The van der Waals surface area contributed by atoms with Gasteiger partial charge in [-0.3, -0.25) is 9.59 Å². The SMILES string of the molecule is CC(C)(C)c1ccc(C(=O)CCC(=O)Nc2ccccc2N2CCOCC2)cc1. The van der Waals surface area contributed by atoms with Crippen LogP contribution in [0.1, 0.15) is 49.5 Å². The maximum Gasteiger partial charge on any atom is 0.224 e. The summed E-state index contributed by atoms with van der Waals surface area (Å²) in [6.07, 6.45) is 0.359. The van der Waals surface area contributed by atoms with E-state index in [9.17, 15) is 9.59 Å². The van der Waals surface area contributed by atoms with Crippen LogP contribution in [0.2, 0.25) is 0 Å². The molecule has 0 aromatic heterocycles. The van der Waals surface area contributed by atoms with Crippen LogP contribution in [0.25, 0.3) is 0 Å². The van der Waals surface area contributed by atoms with Crippen molar-refractivity contribution in [2.75, 3.05) is 36.5 Å². The molecule has 3 rings (SSSR count). The number of rotatable bonds is 6. The van der Waals surface area contributed by atoms with Crippen LogP contribution in [0.4, 0.5) is 11.4 Å². The van der Waals surface area contributed by atoms with Crippen molar-refractivity contribution < 1.29 is 14.3 Å². The minimum absolute atomic E-state index is 0.0120. The van der Waals surface area contributed by atoms with E-state index in [-0.39, 0.29) is 29.9 Å². The third-order valence-corrected chi connectivity index (χ3v) is 5.18. The Balaban J connectivity index is 1.57. The molecule has 0 unspecified atom stereocenters. The molecule has 0 atom stereocenters. The summed E-state index contributed by atoms with van der Waals surface area (Å²) in [6.45, 7) is 9.40. The van der Waals surface area contributed by atoms with Gasteiger partial charge >= 0.3 is 0 Å². The van der Waals surface area contributed by atoms with Crippen molar-refractivity contribution in [1.29, 1.82) is 0 Å². The number of morpholine rings is 1. The number of nitrogens with one attached hydrogen (secondary N) is 1. The lowest BCUT2D eigenvalue weighted by Gasteiger charge is -2.30. The molecule has 0 saturated carbocycles. The predicted molar refractivity (Wildman–Crippen MR) is 117 cm³/mol. The van der Waals surface area contributed by atoms with Gasteiger partial charge in [0, 0.05) is 31.5 Å². The molecule has 1 heterocycles. The van der Waals surface area contributed by atoms with Crippen molar-refractivity contribution in [3.8, 4) is 0 Å². The van der Waals surface area contributed by atoms with E-state index in [1.165, 1.54) is 5.56 Å². The summed E-state index contributed by atoms with van der Waals surface area (Å²) in [5.74, 6) is -0.160. The fourth-order valence-corrected chi connectivity index (χ4v) is 3.40. The van der Waals surface area contributed by atoms with E-state index in [0.29, 0.717) is 18.8 Å². The van der Waals surface area contributed by atoms with Gasteiger partial charge in [-0.2, -0.15) is 0 Å². The summed E-state index contributed by atoms with van der Waals surface area (Å²) >= 11 is 0. The third kappa shape index (κ3) is 5.67. The molecule has 154 valence electrons. The topological polar surface area (TPSA) is 58.6 Å². The number of amides is 1. The average Bonchev–Trinajstić information content (AvgIpc) is 2.72. The Morgan fingerprint density at radius 2 is 1.62 bits per heavy atom. The van der Waals surface area contributed by atoms with Gasteiger partial charge in [-0.15, -0.1) is 0 Å². The standard InChI is InChI=1S/C24H30N2O3/c1-24(2,3)19-10-8-18(9-11-19)22(27)12-13-23(28)25-20-6-4-5-7-21(20)26-14-16-29-17-15-26/h4-11H,12-17H2,1-3H3,(H,25,28). The zero-order valence-electron chi connectivity index (χ0n) is 17.5. The first-order valence-electron chi connectivity index (χ1n) is 10.2. The molecule has 1 saturated heterocycles. The van der Waals surface area contributed by atoms with Crippen LogP contribution < -0.4 is 10.2 Å². The highest BCUT2D eigenvalue weighted by Gasteiger charge is 2.17. The molecule has 0 radical (unpaired) electrons. The molecule has 5 nitrogen and oxygen atoms in total. The van der Waals surface area contributed by atoms with Crippen LogP contribution in [0.5, 0.6) is 0 Å². The van der Waals surface area contributed by atoms with Crippen LogP contribution in [0.15, 0.2) is 48.5 Å². The molecule has 0 aliphatic carbocycles. The quantitative estimate of drug-likeness (QED) is 0.737. The van der Waals surface area contributed by atoms with Crippen LogP contribution >= 0.6 is 0 Å². The summed E-state index contributed by atoms with van der Waals surface area (Å²) < 4.78 is 5.41. The van der Waals surface area contributed by atoms with Crippen LogP contribution in [-0.4, -0.2) is 38.0 Å². The van der Waals surface area contributed by atoms with E-state index in [1.807, 2.05) is 48.5 Å². The molecule has 1 fully saturated rings. The lowest BCUT2D eigenvalue weighted by atomic mass is 9.86. The summed E-state index contributed by atoms with van der Waals surface area (Å²) in [4.78, 5) is 27.1. The minimum Gasteiger partial charge on any atom is -0.378 e. The molecule has 2 aromatic carbocycles. The maximum atomic E-state index is 12.5. The van der Waals surface area contributed by atoms with E-state index in [1.54, 1.807) is 0 Å². The normalized spacial score (nSPS) is 14.5. The Morgan fingerprint density at radius 3 is 2.28 bits per heavy atom. The fourth-order valence-electron chi connectivity index (χ4n) is 3.40. The van der Waals surface area contributed by atoms with Crippen molar-refractivity contribution >= 4 is 23.1 Å². The molecule has 1 aliphatic heterocycles. The second-order valence-electron chi connectivity index (χ2n) is 8.42. The minimum atomic E-state index is -0.148. The highest BCUT2D eigenvalue weighted by molar-refractivity contribution is 6.01. The molecular formula is C24H30N2O3. The van der Waals surface area contributed by atoms with Crippen molar-refractivity contribution in [2.45, 2.75) is 39.0 Å². The zero-order chi connectivity index (χ0) is 20.9. The zero-order valence-corrected chi connectivity index (χ0v) is 17.5. The average molecular weight is 395 g/mol. The Labute approximate surface area is 173 Å². The molecule has 0 bridgehead atoms. The van der Waals surface area contributed by atoms with Gasteiger partial charge in [0.05, 0.1) is 24.6 Å². The number of ketones is 1. The number of hydrogen-bond donors (Lipinski definition) is 1. The smallest absolute Gasteiger partial charge is 0.224 e. The molecule has 1 amide bonds. The molecule has 2 aromatic rings. The number of hydrogen-bond acceptors (Lipinski definition) is 4. The van der Waals surface area contributed by atoms with Crippen molar-refractivity contribution in [3.05, 3.63) is 59.7 Å². The first-order valence-corrected chi connectivity index (χ1v) is 10.2. The number of carbonyl (C=O) groups is 2. The van der Waals surface area contributed by atoms with E-state index in [2.05, 4.69) is 31.0 Å².